The molecule has 2 aliphatic carbocycles. The van der Waals surface area contributed by atoms with Gasteiger partial charge in [-0.25, -0.2) is 4.79 Å². The topological polar surface area (TPSA) is 77.8 Å². The molecule has 0 heterocycles. The van der Waals surface area contributed by atoms with Crippen LogP contribution in [0.3, 0.4) is 0 Å². The Bertz CT molecular complexity index is 326. The van der Waals surface area contributed by atoms with E-state index in [1.54, 1.807) is 6.08 Å². The Kier molecular flexibility index (Phi) is 7.24. The summed E-state index contributed by atoms with van der Waals surface area (Å²) in [6, 6.07) is 0. The van der Waals surface area contributed by atoms with Crippen molar-refractivity contribution < 1.29 is 20.1 Å². The summed E-state index contributed by atoms with van der Waals surface area (Å²) in [6.07, 6.45) is 11.6. The Labute approximate surface area is 121 Å². The lowest BCUT2D eigenvalue weighted by Gasteiger charge is -2.29. The summed E-state index contributed by atoms with van der Waals surface area (Å²) in [4.78, 5) is 10.7. The molecule has 2 saturated carbocycles. The van der Waals surface area contributed by atoms with Crippen molar-refractivity contribution in [3.05, 3.63) is 11.6 Å². The number of aliphatic hydroxyl groups excluding tert-OH is 2. The van der Waals surface area contributed by atoms with Crippen LogP contribution in [-0.2, 0) is 4.79 Å². The fraction of sp³-hybridized carbons (Fsp3) is 0.812. The second-order valence-corrected chi connectivity index (χ2v) is 6.06. The lowest BCUT2D eigenvalue weighted by molar-refractivity contribution is -0.132. The van der Waals surface area contributed by atoms with Crippen molar-refractivity contribution in [3.63, 3.8) is 0 Å². The predicted molar refractivity (Wildman–Crippen MR) is 78.4 cm³/mol. The van der Waals surface area contributed by atoms with Crippen LogP contribution in [0.2, 0.25) is 0 Å². The van der Waals surface area contributed by atoms with E-state index in [0.29, 0.717) is 0 Å². The molecule has 0 spiro atoms. The Morgan fingerprint density at radius 2 is 1.70 bits per heavy atom. The highest BCUT2D eigenvalue weighted by Crippen LogP contribution is 2.44. The number of aliphatic carboxylic acids is 1. The van der Waals surface area contributed by atoms with Crippen LogP contribution in [-0.4, -0.2) is 34.5 Å². The highest BCUT2D eigenvalue weighted by atomic mass is 16.4. The maximum Gasteiger partial charge on any atom is 0.330 e. The number of hydrogen-bond donors (Lipinski definition) is 3. The molecule has 0 bridgehead atoms. The molecule has 0 saturated heterocycles. The summed E-state index contributed by atoms with van der Waals surface area (Å²) in [6.45, 7) is 1.43. The van der Waals surface area contributed by atoms with Gasteiger partial charge in [0.05, 0.1) is 6.61 Å². The van der Waals surface area contributed by atoms with E-state index in [0.717, 1.165) is 19.3 Å². The SMILES string of the molecule is C1CCCC1.CC(=CC1(CO)CCCC1CO)C(=O)O. The molecule has 2 aliphatic rings. The average molecular weight is 284 g/mol. The molecule has 3 N–H and O–H groups in total. The molecule has 116 valence electrons. The van der Waals surface area contributed by atoms with Gasteiger partial charge < -0.3 is 15.3 Å². The van der Waals surface area contributed by atoms with Crippen LogP contribution in [0.1, 0.15) is 58.3 Å². The Hall–Kier alpha value is -0.870. The van der Waals surface area contributed by atoms with Crippen LogP contribution in [0.4, 0.5) is 0 Å². The monoisotopic (exact) mass is 284 g/mol. The molecule has 4 nitrogen and oxygen atoms in total. The molecular formula is C16H28O4. The van der Waals surface area contributed by atoms with Crippen LogP contribution in [0.25, 0.3) is 0 Å². The number of rotatable bonds is 4. The smallest absolute Gasteiger partial charge is 0.330 e. The minimum atomic E-state index is -0.966. The quantitative estimate of drug-likeness (QED) is 0.694. The molecule has 4 heteroatoms. The van der Waals surface area contributed by atoms with Gasteiger partial charge >= 0.3 is 5.97 Å². The summed E-state index contributed by atoms with van der Waals surface area (Å²) in [7, 11) is 0. The minimum absolute atomic E-state index is 0.00393. The summed E-state index contributed by atoms with van der Waals surface area (Å²) in [5, 5.41) is 27.4. The molecule has 20 heavy (non-hydrogen) atoms. The lowest BCUT2D eigenvalue weighted by atomic mass is 9.77. The van der Waals surface area contributed by atoms with Crippen LogP contribution >= 0.6 is 0 Å². The van der Waals surface area contributed by atoms with Gasteiger partial charge in [-0.05, 0) is 25.7 Å². The van der Waals surface area contributed by atoms with E-state index in [4.69, 9.17) is 5.11 Å². The fourth-order valence-corrected chi connectivity index (χ4v) is 3.26. The number of carboxylic acid groups (broad SMARTS) is 1. The van der Waals surface area contributed by atoms with E-state index in [9.17, 15) is 15.0 Å². The first-order valence-electron chi connectivity index (χ1n) is 7.70. The van der Waals surface area contributed by atoms with E-state index >= 15 is 0 Å². The van der Waals surface area contributed by atoms with Gasteiger partial charge in [0.15, 0.2) is 0 Å². The number of carbonyl (C=O) groups is 1. The summed E-state index contributed by atoms with van der Waals surface area (Å²) in [5.74, 6) is -0.983. The van der Waals surface area contributed by atoms with Crippen LogP contribution in [0, 0.1) is 11.3 Å². The van der Waals surface area contributed by atoms with Crippen LogP contribution in [0.15, 0.2) is 11.6 Å². The highest BCUT2D eigenvalue weighted by molar-refractivity contribution is 5.85. The molecule has 2 rings (SSSR count). The zero-order valence-corrected chi connectivity index (χ0v) is 12.5. The van der Waals surface area contributed by atoms with Gasteiger partial charge in [-0.3, -0.25) is 0 Å². The van der Waals surface area contributed by atoms with Gasteiger partial charge in [-0.15, -0.1) is 0 Å². The number of hydrogen-bond acceptors (Lipinski definition) is 3. The molecule has 2 fully saturated rings. The van der Waals surface area contributed by atoms with E-state index in [-0.39, 0.29) is 24.7 Å². The maximum atomic E-state index is 10.7. The van der Waals surface area contributed by atoms with Crippen molar-refractivity contribution in [2.75, 3.05) is 13.2 Å². The number of carboxylic acids is 1. The van der Waals surface area contributed by atoms with Crippen molar-refractivity contribution in [2.24, 2.45) is 11.3 Å². The lowest BCUT2D eigenvalue weighted by Crippen LogP contribution is -2.30. The molecule has 0 radical (unpaired) electrons. The third kappa shape index (κ3) is 4.60. The molecule has 2 atom stereocenters. The predicted octanol–water partition coefficient (Wildman–Crippen LogP) is 2.74. The Balaban J connectivity index is 0.000000333. The van der Waals surface area contributed by atoms with Crippen LogP contribution < -0.4 is 0 Å². The van der Waals surface area contributed by atoms with E-state index in [1.165, 1.54) is 39.0 Å². The standard InChI is InChI=1S/C11H18O4.C5H10/c1-8(10(14)15)5-11(7-13)4-2-3-9(11)6-12;1-2-4-5-3-1/h5,9,12-13H,2-4,6-7H2,1H3,(H,14,15);1-5H2. The molecule has 0 aromatic heterocycles. The second-order valence-electron chi connectivity index (χ2n) is 6.06. The summed E-state index contributed by atoms with van der Waals surface area (Å²) < 4.78 is 0. The van der Waals surface area contributed by atoms with Crippen molar-refractivity contribution in [3.8, 4) is 0 Å². The minimum Gasteiger partial charge on any atom is -0.478 e. The molecular weight excluding hydrogens is 256 g/mol. The molecule has 0 aromatic rings. The van der Waals surface area contributed by atoms with Crippen molar-refractivity contribution >= 4 is 5.97 Å². The van der Waals surface area contributed by atoms with Crippen LogP contribution in [0.5, 0.6) is 0 Å². The fourth-order valence-electron chi connectivity index (χ4n) is 3.26. The van der Waals surface area contributed by atoms with Crippen molar-refractivity contribution in [1.82, 2.24) is 0 Å². The van der Waals surface area contributed by atoms with E-state index in [2.05, 4.69) is 0 Å². The first-order chi connectivity index (χ1) is 9.55. The zero-order chi connectivity index (χ0) is 15.0. The normalized spacial score (nSPS) is 29.9. The van der Waals surface area contributed by atoms with E-state index in [1.807, 2.05) is 0 Å². The molecule has 0 amide bonds. The maximum absolute atomic E-state index is 10.7. The van der Waals surface area contributed by atoms with Gasteiger partial charge in [0, 0.05) is 17.6 Å². The average Bonchev–Trinajstić information content (AvgIpc) is 3.11. The number of aliphatic hydroxyl groups is 2. The first kappa shape index (κ1) is 17.2. The molecule has 2 unspecified atom stereocenters. The third-order valence-electron chi connectivity index (χ3n) is 4.61. The Morgan fingerprint density at radius 1 is 1.15 bits per heavy atom. The van der Waals surface area contributed by atoms with Gasteiger partial charge in [-0.1, -0.05) is 44.6 Å². The molecule has 0 aliphatic heterocycles. The van der Waals surface area contributed by atoms with E-state index < -0.39 is 11.4 Å². The zero-order valence-electron chi connectivity index (χ0n) is 12.5. The first-order valence-corrected chi connectivity index (χ1v) is 7.70. The third-order valence-corrected chi connectivity index (χ3v) is 4.61. The Morgan fingerprint density at radius 3 is 2.10 bits per heavy atom. The summed E-state index contributed by atoms with van der Waals surface area (Å²) in [5.41, 5.74) is -0.290. The van der Waals surface area contributed by atoms with Crippen molar-refractivity contribution in [1.29, 1.82) is 0 Å². The van der Waals surface area contributed by atoms with Gasteiger partial charge in [0.1, 0.15) is 0 Å². The second kappa shape index (κ2) is 8.42. The van der Waals surface area contributed by atoms with Gasteiger partial charge in [-0.2, -0.15) is 0 Å². The molecule has 0 aromatic carbocycles. The van der Waals surface area contributed by atoms with Gasteiger partial charge in [0.25, 0.3) is 0 Å². The largest absolute Gasteiger partial charge is 0.478 e. The van der Waals surface area contributed by atoms with Crippen molar-refractivity contribution in [2.45, 2.75) is 58.3 Å². The highest BCUT2D eigenvalue weighted by Gasteiger charge is 2.40. The van der Waals surface area contributed by atoms with Gasteiger partial charge in [0.2, 0.25) is 0 Å². The summed E-state index contributed by atoms with van der Waals surface area (Å²) >= 11 is 0.